The molecule has 0 aliphatic rings. The monoisotopic (exact) mass is 216 g/mol. The molecule has 84 valence electrons. The predicted molar refractivity (Wildman–Crippen MR) is 64.8 cm³/mol. The number of nitrogens with zero attached hydrogens (tertiary/aromatic N) is 2. The maximum atomic E-state index is 11.9. The Morgan fingerprint density at radius 3 is 2.75 bits per heavy atom. The third-order valence-corrected chi connectivity index (χ3v) is 2.87. The van der Waals surface area contributed by atoms with Gasteiger partial charge in [0.05, 0.1) is 5.52 Å². The van der Waals surface area contributed by atoms with Gasteiger partial charge in [-0.25, -0.2) is 4.98 Å². The Kier molecular flexibility index (Phi) is 2.54. The SMILES string of the molecule is CCC(=O)c1nc(C)cc2c(C)cn(C)c12. The van der Waals surface area contributed by atoms with Crippen LogP contribution in [-0.4, -0.2) is 15.3 Å². The number of fused-ring (bicyclic) bond motifs is 1. The lowest BCUT2D eigenvalue weighted by molar-refractivity contribution is 0.0984. The highest BCUT2D eigenvalue weighted by Gasteiger charge is 2.15. The molecule has 3 nitrogen and oxygen atoms in total. The van der Waals surface area contributed by atoms with E-state index >= 15 is 0 Å². The molecule has 3 heteroatoms. The Bertz CT molecular complexity index is 567. The predicted octanol–water partition coefficient (Wildman–Crippen LogP) is 2.78. The van der Waals surface area contributed by atoms with Crippen LogP contribution in [0.5, 0.6) is 0 Å². The Morgan fingerprint density at radius 1 is 1.44 bits per heavy atom. The van der Waals surface area contributed by atoms with Gasteiger partial charge in [-0.15, -0.1) is 0 Å². The smallest absolute Gasteiger partial charge is 0.183 e. The summed E-state index contributed by atoms with van der Waals surface area (Å²) in [5.74, 6) is 0.106. The fourth-order valence-corrected chi connectivity index (χ4v) is 2.11. The minimum Gasteiger partial charge on any atom is -0.348 e. The molecule has 2 rings (SSSR count). The molecule has 0 bridgehead atoms. The van der Waals surface area contributed by atoms with Crippen LogP contribution in [0.2, 0.25) is 0 Å². The summed E-state index contributed by atoms with van der Waals surface area (Å²) in [7, 11) is 1.96. The summed E-state index contributed by atoms with van der Waals surface area (Å²) < 4.78 is 1.99. The lowest BCUT2D eigenvalue weighted by Gasteiger charge is -2.05. The number of aromatic nitrogens is 2. The van der Waals surface area contributed by atoms with Gasteiger partial charge in [-0.2, -0.15) is 0 Å². The second-order valence-corrected chi connectivity index (χ2v) is 4.21. The van der Waals surface area contributed by atoms with Gasteiger partial charge < -0.3 is 4.57 Å². The second kappa shape index (κ2) is 3.74. The highest BCUT2D eigenvalue weighted by atomic mass is 16.1. The number of Topliss-reactive ketones (excluding diaryl/α,β-unsaturated/α-hetero) is 1. The van der Waals surface area contributed by atoms with Gasteiger partial charge in [0.1, 0.15) is 5.69 Å². The van der Waals surface area contributed by atoms with E-state index in [1.807, 2.05) is 37.7 Å². The van der Waals surface area contributed by atoms with Gasteiger partial charge in [0.25, 0.3) is 0 Å². The summed E-state index contributed by atoms with van der Waals surface area (Å²) in [5.41, 5.74) is 3.65. The molecule has 0 aliphatic heterocycles. The third-order valence-electron chi connectivity index (χ3n) is 2.87. The van der Waals surface area contributed by atoms with E-state index in [9.17, 15) is 4.79 Å². The fraction of sp³-hybridized carbons (Fsp3) is 0.385. The molecule has 0 saturated carbocycles. The van der Waals surface area contributed by atoms with Crippen molar-refractivity contribution in [1.82, 2.24) is 9.55 Å². The van der Waals surface area contributed by atoms with E-state index in [2.05, 4.69) is 11.9 Å². The van der Waals surface area contributed by atoms with Crippen LogP contribution in [0.1, 0.15) is 35.1 Å². The van der Waals surface area contributed by atoms with Crippen LogP contribution < -0.4 is 0 Å². The van der Waals surface area contributed by atoms with Crippen LogP contribution in [0.25, 0.3) is 10.9 Å². The van der Waals surface area contributed by atoms with E-state index in [1.165, 1.54) is 5.56 Å². The number of carbonyl (C=O) groups is 1. The number of hydrogen-bond donors (Lipinski definition) is 0. The van der Waals surface area contributed by atoms with Crippen molar-refractivity contribution in [2.45, 2.75) is 27.2 Å². The minimum absolute atomic E-state index is 0.106. The summed E-state index contributed by atoms with van der Waals surface area (Å²) in [6.45, 7) is 5.86. The zero-order valence-corrected chi connectivity index (χ0v) is 10.2. The van der Waals surface area contributed by atoms with Gasteiger partial charge >= 0.3 is 0 Å². The second-order valence-electron chi connectivity index (χ2n) is 4.21. The first-order chi connectivity index (χ1) is 7.54. The molecule has 0 amide bonds. The van der Waals surface area contributed by atoms with Crippen molar-refractivity contribution in [2.24, 2.45) is 7.05 Å². The summed E-state index contributed by atoms with van der Waals surface area (Å²) in [5, 5.41) is 1.13. The number of ketones is 1. The van der Waals surface area contributed by atoms with Gasteiger partial charge in [0.15, 0.2) is 5.78 Å². The van der Waals surface area contributed by atoms with Crippen molar-refractivity contribution >= 4 is 16.7 Å². The lowest BCUT2D eigenvalue weighted by atomic mass is 10.1. The normalized spacial score (nSPS) is 11.0. The molecule has 0 aromatic carbocycles. The molecule has 2 aromatic heterocycles. The van der Waals surface area contributed by atoms with Crippen LogP contribution in [-0.2, 0) is 7.05 Å². The van der Waals surface area contributed by atoms with Gasteiger partial charge in [-0.3, -0.25) is 4.79 Å². The maximum absolute atomic E-state index is 11.9. The number of carbonyl (C=O) groups excluding carboxylic acids is 1. The van der Waals surface area contributed by atoms with Crippen LogP contribution in [0, 0.1) is 13.8 Å². The molecule has 2 aromatic rings. The Morgan fingerprint density at radius 2 is 2.12 bits per heavy atom. The van der Waals surface area contributed by atoms with Crippen molar-refractivity contribution in [1.29, 1.82) is 0 Å². The third kappa shape index (κ3) is 1.52. The van der Waals surface area contributed by atoms with Crippen LogP contribution in [0.3, 0.4) is 0 Å². The van der Waals surface area contributed by atoms with Gasteiger partial charge in [0.2, 0.25) is 0 Å². The Labute approximate surface area is 95.1 Å². The number of aryl methyl sites for hydroxylation is 3. The van der Waals surface area contributed by atoms with Crippen molar-refractivity contribution in [3.05, 3.63) is 29.2 Å². The van der Waals surface area contributed by atoms with Crippen molar-refractivity contribution in [3.63, 3.8) is 0 Å². The van der Waals surface area contributed by atoms with Crippen LogP contribution in [0.4, 0.5) is 0 Å². The van der Waals surface area contributed by atoms with E-state index in [0.717, 1.165) is 16.6 Å². The van der Waals surface area contributed by atoms with Crippen molar-refractivity contribution in [3.8, 4) is 0 Å². The molecular formula is C13H16N2O. The Hall–Kier alpha value is -1.64. The first kappa shape index (κ1) is 10.9. The van der Waals surface area contributed by atoms with Gasteiger partial charge in [-0.1, -0.05) is 6.92 Å². The van der Waals surface area contributed by atoms with E-state index in [0.29, 0.717) is 12.1 Å². The average Bonchev–Trinajstić information content (AvgIpc) is 2.52. The number of hydrogen-bond acceptors (Lipinski definition) is 2. The molecule has 0 spiro atoms. The van der Waals surface area contributed by atoms with Crippen LogP contribution >= 0.6 is 0 Å². The molecule has 0 N–H and O–H groups in total. The van der Waals surface area contributed by atoms with Crippen molar-refractivity contribution < 1.29 is 4.79 Å². The van der Waals surface area contributed by atoms with Gasteiger partial charge in [0, 0.05) is 30.7 Å². The van der Waals surface area contributed by atoms with Gasteiger partial charge in [-0.05, 0) is 25.5 Å². The topological polar surface area (TPSA) is 34.9 Å². The van der Waals surface area contributed by atoms with Crippen molar-refractivity contribution in [2.75, 3.05) is 0 Å². The van der Waals surface area contributed by atoms with E-state index in [1.54, 1.807) is 0 Å². The highest BCUT2D eigenvalue weighted by molar-refractivity contribution is 6.06. The average molecular weight is 216 g/mol. The highest BCUT2D eigenvalue weighted by Crippen LogP contribution is 2.24. The summed E-state index contributed by atoms with van der Waals surface area (Å²) in [4.78, 5) is 16.2. The molecule has 0 atom stereocenters. The summed E-state index contributed by atoms with van der Waals surface area (Å²) in [6, 6.07) is 2.04. The molecule has 0 saturated heterocycles. The largest absolute Gasteiger partial charge is 0.348 e. The number of rotatable bonds is 2. The number of pyridine rings is 1. The molecule has 0 radical (unpaired) electrons. The maximum Gasteiger partial charge on any atom is 0.183 e. The first-order valence-corrected chi connectivity index (χ1v) is 5.51. The zero-order chi connectivity index (χ0) is 11.9. The summed E-state index contributed by atoms with van der Waals surface area (Å²) >= 11 is 0. The zero-order valence-electron chi connectivity index (χ0n) is 10.2. The Balaban J connectivity index is 2.86. The minimum atomic E-state index is 0.106. The van der Waals surface area contributed by atoms with E-state index in [4.69, 9.17) is 0 Å². The van der Waals surface area contributed by atoms with E-state index < -0.39 is 0 Å². The quantitative estimate of drug-likeness (QED) is 0.723. The molecule has 16 heavy (non-hydrogen) atoms. The van der Waals surface area contributed by atoms with E-state index in [-0.39, 0.29) is 5.78 Å². The molecular weight excluding hydrogens is 200 g/mol. The van der Waals surface area contributed by atoms with Crippen LogP contribution in [0.15, 0.2) is 12.3 Å². The summed E-state index contributed by atoms with van der Waals surface area (Å²) in [6.07, 6.45) is 2.54. The standard InChI is InChI=1S/C13H16N2O/c1-5-11(16)12-13-10(6-9(3)14-12)8(2)7-15(13)4/h6-7H,5H2,1-4H3. The molecule has 0 unspecified atom stereocenters. The first-order valence-electron chi connectivity index (χ1n) is 5.51. The fourth-order valence-electron chi connectivity index (χ4n) is 2.11. The lowest BCUT2D eigenvalue weighted by Crippen LogP contribution is -2.05. The molecule has 0 fully saturated rings. The molecule has 0 aliphatic carbocycles. The molecule has 2 heterocycles.